The highest BCUT2D eigenvalue weighted by Crippen LogP contribution is 2.38. The molecule has 14 heteroatoms. The molecule has 0 aliphatic carbocycles. The number of nitrogens with one attached hydrogen (secondary N) is 1. The van der Waals surface area contributed by atoms with Crippen LogP contribution in [-0.4, -0.2) is 66.3 Å². The lowest BCUT2D eigenvalue weighted by molar-refractivity contribution is 0.191. The van der Waals surface area contributed by atoms with Gasteiger partial charge in [0.1, 0.15) is 28.8 Å². The molecule has 0 fully saturated rings. The number of ether oxygens (including phenoxy) is 3. The van der Waals surface area contributed by atoms with E-state index in [1.54, 1.807) is 44.2 Å². The monoisotopic (exact) mass is 560 g/mol. The molecule has 0 amide bonds. The molecule has 3 heterocycles. The second kappa shape index (κ2) is 11.8. The molecule has 3 aromatic heterocycles. The normalized spacial score (nSPS) is 13.2. The van der Waals surface area contributed by atoms with E-state index in [1.165, 1.54) is 25.9 Å². The lowest BCUT2D eigenvalue weighted by Gasteiger charge is -2.24. The van der Waals surface area contributed by atoms with Gasteiger partial charge < -0.3 is 18.6 Å². The highest BCUT2D eigenvalue weighted by Gasteiger charge is 2.35. The maximum atomic E-state index is 13.9. The lowest BCUT2D eigenvalue weighted by Crippen LogP contribution is -2.35. The molecule has 0 bridgehead atoms. The van der Waals surface area contributed by atoms with E-state index in [0.29, 0.717) is 28.7 Å². The van der Waals surface area contributed by atoms with Gasteiger partial charge in [-0.25, -0.2) is 22.8 Å². The molecule has 2 atom stereocenters. The molecule has 1 N–H and O–H groups in total. The van der Waals surface area contributed by atoms with Gasteiger partial charge in [-0.05, 0) is 37.6 Å². The Labute approximate surface area is 225 Å². The Morgan fingerprint density at radius 1 is 1.05 bits per heavy atom. The van der Waals surface area contributed by atoms with Gasteiger partial charge in [-0.15, -0.1) is 10.2 Å². The summed E-state index contributed by atoms with van der Waals surface area (Å²) < 4.78 is 67.3. The van der Waals surface area contributed by atoms with Crippen LogP contribution >= 0.6 is 0 Å². The fourth-order valence-electron chi connectivity index (χ4n) is 4.16. The summed E-state index contributed by atoms with van der Waals surface area (Å²) in [5.41, 5.74) is 0.359. The first kappa shape index (κ1) is 28.0. The second-order valence-electron chi connectivity index (χ2n) is 8.62. The van der Waals surface area contributed by atoms with Crippen LogP contribution in [-0.2, 0) is 14.8 Å². The van der Waals surface area contributed by atoms with Crippen molar-refractivity contribution < 1.29 is 31.4 Å². The van der Waals surface area contributed by atoms with Crippen LogP contribution in [0.3, 0.4) is 0 Å². The quantitative estimate of drug-likeness (QED) is 0.272. The SMILES string of the molecule is COCC[C@H]([C@@H](C)c1ncc(F)cn1)S(=O)(=O)Nc1nnc(-c2ccc(C)o2)n1-c1c(OC)cccc1OC. The van der Waals surface area contributed by atoms with Crippen LogP contribution in [0.2, 0.25) is 0 Å². The van der Waals surface area contributed by atoms with Gasteiger partial charge in [0.25, 0.3) is 0 Å². The molecule has 1 aromatic carbocycles. The van der Waals surface area contributed by atoms with Crippen molar-refractivity contribution >= 4 is 16.0 Å². The number of anilines is 1. The van der Waals surface area contributed by atoms with Crippen molar-refractivity contribution in [2.75, 3.05) is 32.7 Å². The number of rotatable bonds is 12. The Bertz CT molecular complexity index is 1500. The summed E-state index contributed by atoms with van der Waals surface area (Å²) in [6, 6.07) is 8.58. The molecular weight excluding hydrogens is 531 g/mol. The highest BCUT2D eigenvalue weighted by atomic mass is 32.2. The zero-order valence-corrected chi connectivity index (χ0v) is 22.9. The van der Waals surface area contributed by atoms with Crippen molar-refractivity contribution in [3.63, 3.8) is 0 Å². The molecular formula is C25H29FN6O6S. The molecule has 0 aliphatic rings. The molecule has 39 heavy (non-hydrogen) atoms. The Morgan fingerprint density at radius 2 is 1.72 bits per heavy atom. The topological polar surface area (TPSA) is 143 Å². The van der Waals surface area contributed by atoms with Crippen LogP contribution < -0.4 is 14.2 Å². The maximum Gasteiger partial charge on any atom is 0.243 e. The van der Waals surface area contributed by atoms with E-state index < -0.39 is 27.0 Å². The third-order valence-electron chi connectivity index (χ3n) is 6.09. The minimum Gasteiger partial charge on any atom is -0.494 e. The van der Waals surface area contributed by atoms with Gasteiger partial charge in [-0.2, -0.15) is 0 Å². The van der Waals surface area contributed by atoms with E-state index in [-0.39, 0.29) is 30.6 Å². The minimum absolute atomic E-state index is 0.101. The van der Waals surface area contributed by atoms with Gasteiger partial charge in [-0.3, -0.25) is 9.29 Å². The summed E-state index contributed by atoms with van der Waals surface area (Å²) in [7, 11) is 0.254. The largest absolute Gasteiger partial charge is 0.494 e. The average molecular weight is 561 g/mol. The van der Waals surface area contributed by atoms with Crippen LogP contribution in [0, 0.1) is 12.7 Å². The van der Waals surface area contributed by atoms with Crippen molar-refractivity contribution in [1.29, 1.82) is 0 Å². The summed E-state index contributed by atoms with van der Waals surface area (Å²) in [6.45, 7) is 3.57. The Balaban J connectivity index is 1.84. The molecule has 0 saturated carbocycles. The number of para-hydroxylation sites is 1. The van der Waals surface area contributed by atoms with Crippen LogP contribution in [0.5, 0.6) is 11.5 Å². The number of aromatic nitrogens is 5. The van der Waals surface area contributed by atoms with Crippen LogP contribution in [0.15, 0.2) is 47.1 Å². The Kier molecular flexibility index (Phi) is 8.45. The third-order valence-corrected chi connectivity index (χ3v) is 8.00. The van der Waals surface area contributed by atoms with Crippen molar-refractivity contribution in [1.82, 2.24) is 24.7 Å². The smallest absolute Gasteiger partial charge is 0.243 e. The molecule has 0 spiro atoms. The van der Waals surface area contributed by atoms with E-state index in [4.69, 9.17) is 18.6 Å². The molecule has 208 valence electrons. The summed E-state index contributed by atoms with van der Waals surface area (Å²) in [5.74, 6) is 0.642. The second-order valence-corrected chi connectivity index (χ2v) is 10.5. The van der Waals surface area contributed by atoms with Crippen molar-refractivity contribution in [2.24, 2.45) is 0 Å². The molecule has 0 radical (unpaired) electrons. The van der Waals surface area contributed by atoms with E-state index in [2.05, 4.69) is 24.9 Å². The fourth-order valence-corrected chi connectivity index (χ4v) is 5.77. The number of hydrogen-bond acceptors (Lipinski definition) is 10. The average Bonchev–Trinajstić information content (AvgIpc) is 3.53. The zero-order chi connectivity index (χ0) is 28.2. The molecule has 12 nitrogen and oxygen atoms in total. The zero-order valence-electron chi connectivity index (χ0n) is 22.1. The number of sulfonamides is 1. The Hall–Kier alpha value is -4.04. The molecule has 0 unspecified atom stereocenters. The third kappa shape index (κ3) is 5.86. The predicted octanol–water partition coefficient (Wildman–Crippen LogP) is 3.73. The molecule has 4 aromatic rings. The van der Waals surface area contributed by atoms with Gasteiger partial charge in [0.15, 0.2) is 11.6 Å². The van der Waals surface area contributed by atoms with Crippen LogP contribution in [0.25, 0.3) is 17.3 Å². The first-order chi connectivity index (χ1) is 18.7. The standard InChI is InChI=1S/C25H29FN6O6S/c1-15-9-10-20(38-15)24-29-30-25(32(24)22-18(36-4)7-6-8-19(22)37-5)31-39(33,34)21(11-12-35-3)16(2)23-27-13-17(26)14-28-23/h6-10,13-14,16,21H,11-12H2,1-5H3,(H,30,31)/t16-,21-/m1/s1. The van der Waals surface area contributed by atoms with Gasteiger partial charge >= 0.3 is 0 Å². The van der Waals surface area contributed by atoms with Gasteiger partial charge in [0.05, 0.1) is 31.9 Å². The van der Waals surface area contributed by atoms with E-state index in [9.17, 15) is 12.8 Å². The lowest BCUT2D eigenvalue weighted by atomic mass is 10.0. The maximum absolute atomic E-state index is 13.9. The number of aryl methyl sites for hydroxylation is 1. The summed E-state index contributed by atoms with van der Waals surface area (Å²) in [5, 5.41) is 7.33. The Morgan fingerprint density at radius 3 is 2.28 bits per heavy atom. The van der Waals surface area contributed by atoms with Crippen LogP contribution in [0.1, 0.15) is 30.8 Å². The van der Waals surface area contributed by atoms with Gasteiger partial charge in [0.2, 0.25) is 21.8 Å². The van der Waals surface area contributed by atoms with Crippen molar-refractivity contribution in [3.05, 3.63) is 60.1 Å². The number of halogens is 1. The van der Waals surface area contributed by atoms with E-state index in [0.717, 1.165) is 12.4 Å². The molecule has 0 aliphatic heterocycles. The van der Waals surface area contributed by atoms with Crippen molar-refractivity contribution in [3.8, 4) is 28.8 Å². The minimum atomic E-state index is -4.18. The van der Waals surface area contributed by atoms with E-state index >= 15 is 0 Å². The van der Waals surface area contributed by atoms with Crippen LogP contribution in [0.4, 0.5) is 10.3 Å². The number of hydrogen-bond donors (Lipinski definition) is 1. The summed E-state index contributed by atoms with van der Waals surface area (Å²) in [4.78, 5) is 7.97. The number of furan rings is 1. The number of benzene rings is 1. The van der Waals surface area contributed by atoms with E-state index in [1.807, 2.05) is 0 Å². The summed E-state index contributed by atoms with van der Waals surface area (Å²) in [6.07, 6.45) is 2.09. The number of nitrogens with zero attached hydrogens (tertiary/aromatic N) is 5. The van der Waals surface area contributed by atoms with Gasteiger partial charge in [-0.1, -0.05) is 13.0 Å². The first-order valence-electron chi connectivity index (χ1n) is 11.9. The summed E-state index contributed by atoms with van der Waals surface area (Å²) >= 11 is 0. The highest BCUT2D eigenvalue weighted by molar-refractivity contribution is 7.93. The predicted molar refractivity (Wildman–Crippen MR) is 140 cm³/mol. The number of methoxy groups -OCH3 is 3. The molecule has 0 saturated heterocycles. The molecule has 4 rings (SSSR count). The fraction of sp³-hybridized carbons (Fsp3) is 0.360. The first-order valence-corrected chi connectivity index (χ1v) is 13.5. The van der Waals surface area contributed by atoms with Crippen molar-refractivity contribution in [2.45, 2.75) is 31.4 Å². The van der Waals surface area contributed by atoms with Gasteiger partial charge in [0, 0.05) is 19.6 Å².